The van der Waals surface area contributed by atoms with E-state index in [1.807, 2.05) is 18.2 Å². The number of anilines is 2. The molecule has 1 fully saturated rings. The molecule has 1 aliphatic rings. The van der Waals surface area contributed by atoms with Gasteiger partial charge in [0.25, 0.3) is 0 Å². The molecular weight excluding hydrogens is 348 g/mol. The zero-order valence-electron chi connectivity index (χ0n) is 16.5. The molecule has 28 heavy (non-hydrogen) atoms. The van der Waals surface area contributed by atoms with Crippen LogP contribution in [0.2, 0.25) is 0 Å². The molecule has 0 radical (unpaired) electrons. The molecule has 5 nitrogen and oxygen atoms in total. The summed E-state index contributed by atoms with van der Waals surface area (Å²) in [6.07, 6.45) is 6.66. The second-order valence-electron chi connectivity index (χ2n) is 7.57. The average molecular weight is 378 g/mol. The van der Waals surface area contributed by atoms with E-state index in [0.29, 0.717) is 11.3 Å². The van der Waals surface area contributed by atoms with Crippen LogP contribution in [0, 0.1) is 11.3 Å². The number of carbonyl (C=O) groups excluding carboxylic acids is 1. The van der Waals surface area contributed by atoms with Gasteiger partial charge in [-0.1, -0.05) is 36.8 Å². The predicted octanol–water partition coefficient (Wildman–Crippen LogP) is 2.96. The molecule has 1 aliphatic carbocycles. The SMILES string of the molecule is C[NH+](Cc1ccccc1NCC(=O)Nc1ccccc1C#N)C1CCCCC1. The third kappa shape index (κ3) is 5.34. The van der Waals surface area contributed by atoms with E-state index in [9.17, 15) is 4.79 Å². The van der Waals surface area contributed by atoms with E-state index in [2.05, 4.69) is 35.9 Å². The summed E-state index contributed by atoms with van der Waals surface area (Å²) in [5, 5.41) is 15.2. The lowest BCUT2D eigenvalue weighted by Gasteiger charge is -2.28. The number of nitrogens with one attached hydrogen (secondary N) is 3. The van der Waals surface area contributed by atoms with Gasteiger partial charge in [-0.3, -0.25) is 4.79 Å². The molecule has 5 heteroatoms. The zero-order chi connectivity index (χ0) is 19.8. The smallest absolute Gasteiger partial charge is 0.243 e. The van der Waals surface area contributed by atoms with Crippen LogP contribution in [-0.2, 0) is 11.3 Å². The molecule has 2 aromatic carbocycles. The Hall–Kier alpha value is -2.84. The normalized spacial score (nSPS) is 15.4. The summed E-state index contributed by atoms with van der Waals surface area (Å²) >= 11 is 0. The molecule has 1 saturated carbocycles. The first-order valence-corrected chi connectivity index (χ1v) is 10.1. The maximum atomic E-state index is 12.3. The molecule has 1 unspecified atom stereocenters. The maximum Gasteiger partial charge on any atom is 0.243 e. The molecule has 3 rings (SSSR count). The van der Waals surface area contributed by atoms with Crippen molar-refractivity contribution in [2.24, 2.45) is 0 Å². The van der Waals surface area contributed by atoms with E-state index in [1.165, 1.54) is 37.7 Å². The van der Waals surface area contributed by atoms with E-state index < -0.39 is 0 Å². The highest BCUT2D eigenvalue weighted by molar-refractivity contribution is 5.95. The molecule has 0 saturated heterocycles. The summed E-state index contributed by atoms with van der Waals surface area (Å²) in [5.74, 6) is -0.162. The van der Waals surface area contributed by atoms with Crippen molar-refractivity contribution in [1.29, 1.82) is 5.26 Å². The van der Waals surface area contributed by atoms with E-state index in [4.69, 9.17) is 5.26 Å². The van der Waals surface area contributed by atoms with E-state index in [-0.39, 0.29) is 12.5 Å². The fourth-order valence-corrected chi connectivity index (χ4v) is 3.95. The Kier molecular flexibility index (Phi) is 7.05. The minimum Gasteiger partial charge on any atom is -0.376 e. The lowest BCUT2D eigenvalue weighted by atomic mass is 9.94. The van der Waals surface area contributed by atoms with Crippen molar-refractivity contribution in [1.82, 2.24) is 0 Å². The lowest BCUT2D eigenvalue weighted by Crippen LogP contribution is -3.11. The summed E-state index contributed by atoms with van der Waals surface area (Å²) in [7, 11) is 2.28. The number of rotatable bonds is 7. The van der Waals surface area contributed by atoms with Crippen LogP contribution < -0.4 is 15.5 Å². The number of benzene rings is 2. The number of carbonyl (C=O) groups is 1. The van der Waals surface area contributed by atoms with E-state index >= 15 is 0 Å². The summed E-state index contributed by atoms with van der Waals surface area (Å²) < 4.78 is 0. The van der Waals surface area contributed by atoms with Crippen LogP contribution in [0.25, 0.3) is 0 Å². The van der Waals surface area contributed by atoms with Gasteiger partial charge in [-0.25, -0.2) is 0 Å². The quantitative estimate of drug-likeness (QED) is 0.695. The van der Waals surface area contributed by atoms with Gasteiger partial charge in [0, 0.05) is 11.3 Å². The van der Waals surface area contributed by atoms with Crippen molar-refractivity contribution in [3.8, 4) is 6.07 Å². The molecule has 2 aromatic rings. The first-order chi connectivity index (χ1) is 13.7. The third-order valence-corrected chi connectivity index (χ3v) is 5.55. The molecule has 1 amide bonds. The molecule has 0 aliphatic heterocycles. The van der Waals surface area contributed by atoms with Crippen LogP contribution in [0.15, 0.2) is 48.5 Å². The van der Waals surface area contributed by atoms with Crippen LogP contribution >= 0.6 is 0 Å². The van der Waals surface area contributed by atoms with Crippen molar-refractivity contribution >= 4 is 17.3 Å². The Bertz CT molecular complexity index is 836. The summed E-state index contributed by atoms with van der Waals surface area (Å²) in [5.41, 5.74) is 3.25. The molecule has 0 bridgehead atoms. The number of nitrogens with zero attached hydrogens (tertiary/aromatic N) is 1. The van der Waals surface area contributed by atoms with E-state index in [1.54, 1.807) is 23.1 Å². The second kappa shape index (κ2) is 9.91. The van der Waals surface area contributed by atoms with Crippen LogP contribution in [0.3, 0.4) is 0 Å². The van der Waals surface area contributed by atoms with Crippen molar-refractivity contribution in [2.75, 3.05) is 24.2 Å². The number of amides is 1. The van der Waals surface area contributed by atoms with Crippen LogP contribution in [0.1, 0.15) is 43.2 Å². The minimum absolute atomic E-state index is 0.162. The van der Waals surface area contributed by atoms with E-state index in [0.717, 1.165) is 18.3 Å². The Morgan fingerprint density at radius 2 is 1.75 bits per heavy atom. The predicted molar refractivity (Wildman–Crippen MR) is 112 cm³/mol. The van der Waals surface area contributed by atoms with Gasteiger partial charge in [-0.15, -0.1) is 0 Å². The van der Waals surface area contributed by atoms with Gasteiger partial charge >= 0.3 is 0 Å². The number of nitriles is 1. The Balaban J connectivity index is 1.58. The first kappa shape index (κ1) is 19.9. The van der Waals surface area contributed by atoms with Crippen LogP contribution in [0.4, 0.5) is 11.4 Å². The molecule has 0 heterocycles. The van der Waals surface area contributed by atoms with Gasteiger partial charge in [0.15, 0.2) is 0 Å². The van der Waals surface area contributed by atoms with Gasteiger partial charge in [-0.05, 0) is 43.9 Å². The minimum atomic E-state index is -0.162. The van der Waals surface area contributed by atoms with Gasteiger partial charge in [0.2, 0.25) is 5.91 Å². The molecule has 146 valence electrons. The van der Waals surface area contributed by atoms with Crippen molar-refractivity contribution in [3.05, 3.63) is 59.7 Å². The molecule has 0 aromatic heterocycles. The summed E-state index contributed by atoms with van der Waals surface area (Å²) in [6, 6.07) is 18.1. The number of hydrogen-bond acceptors (Lipinski definition) is 3. The Morgan fingerprint density at radius 3 is 2.50 bits per heavy atom. The Labute approximate surface area is 167 Å². The topological polar surface area (TPSA) is 69.4 Å². The number of para-hydroxylation sites is 2. The molecule has 0 spiro atoms. The van der Waals surface area contributed by atoms with Crippen molar-refractivity contribution < 1.29 is 9.69 Å². The highest BCUT2D eigenvalue weighted by Gasteiger charge is 2.22. The molecular formula is C23H29N4O+. The monoisotopic (exact) mass is 377 g/mol. The Morgan fingerprint density at radius 1 is 1.07 bits per heavy atom. The van der Waals surface area contributed by atoms with Gasteiger partial charge in [0.05, 0.1) is 30.9 Å². The zero-order valence-corrected chi connectivity index (χ0v) is 16.5. The second-order valence-corrected chi connectivity index (χ2v) is 7.57. The summed E-state index contributed by atoms with van der Waals surface area (Å²) in [4.78, 5) is 13.9. The first-order valence-electron chi connectivity index (χ1n) is 10.1. The largest absolute Gasteiger partial charge is 0.376 e. The fourth-order valence-electron chi connectivity index (χ4n) is 3.95. The third-order valence-electron chi connectivity index (χ3n) is 5.55. The van der Waals surface area contributed by atoms with Gasteiger partial charge < -0.3 is 15.5 Å². The average Bonchev–Trinajstić information content (AvgIpc) is 2.74. The number of hydrogen-bond donors (Lipinski definition) is 3. The van der Waals surface area contributed by atoms with Crippen molar-refractivity contribution in [2.45, 2.75) is 44.7 Å². The standard InChI is InChI=1S/C23H28N4O/c1-27(20-11-3-2-4-12-20)17-19-10-6-7-13-21(19)25-16-23(28)26-22-14-8-5-9-18(22)15-24/h5-10,13-14,20,25H,2-4,11-12,16-17H2,1H3,(H,26,28)/p+1. The molecule has 3 N–H and O–H groups in total. The highest BCUT2D eigenvalue weighted by atomic mass is 16.1. The van der Waals surface area contributed by atoms with Crippen LogP contribution in [0.5, 0.6) is 0 Å². The van der Waals surface area contributed by atoms with Crippen molar-refractivity contribution in [3.63, 3.8) is 0 Å². The van der Waals surface area contributed by atoms with Gasteiger partial charge in [0.1, 0.15) is 12.6 Å². The number of quaternary nitrogens is 1. The fraction of sp³-hybridized carbons (Fsp3) is 0.391. The summed E-state index contributed by atoms with van der Waals surface area (Å²) in [6.45, 7) is 1.12. The molecule has 1 atom stereocenters. The maximum absolute atomic E-state index is 12.3. The highest BCUT2D eigenvalue weighted by Crippen LogP contribution is 2.18. The van der Waals surface area contributed by atoms with Crippen LogP contribution in [-0.4, -0.2) is 25.5 Å². The lowest BCUT2D eigenvalue weighted by molar-refractivity contribution is -0.921. The van der Waals surface area contributed by atoms with Gasteiger partial charge in [-0.2, -0.15) is 5.26 Å².